The molecule has 19 heavy (non-hydrogen) atoms. The fourth-order valence-corrected chi connectivity index (χ4v) is 2.49. The lowest BCUT2D eigenvalue weighted by Crippen LogP contribution is -2.47. The summed E-state index contributed by atoms with van der Waals surface area (Å²) in [5.41, 5.74) is 0.745. The molecule has 0 spiro atoms. The van der Waals surface area contributed by atoms with Gasteiger partial charge in [-0.3, -0.25) is 9.69 Å². The topological polar surface area (TPSA) is 36.4 Å². The summed E-state index contributed by atoms with van der Waals surface area (Å²) in [5.74, 6) is 1.74. The van der Waals surface area contributed by atoms with Gasteiger partial charge in [0.2, 0.25) is 0 Å². The monoisotopic (exact) mass is 261 g/mol. The zero-order chi connectivity index (χ0) is 13.8. The first-order valence-electron chi connectivity index (χ1n) is 7.00. The molecule has 0 aliphatic carbocycles. The Morgan fingerprint density at radius 2 is 2.00 bits per heavy atom. The predicted molar refractivity (Wildman–Crippen MR) is 77.7 cm³/mol. The van der Waals surface area contributed by atoms with Crippen molar-refractivity contribution >= 4 is 11.6 Å². The normalized spacial score (nSPS) is 16.9. The van der Waals surface area contributed by atoms with Crippen LogP contribution < -0.4 is 4.90 Å². The van der Waals surface area contributed by atoms with Crippen LogP contribution >= 0.6 is 0 Å². The second-order valence-electron chi connectivity index (χ2n) is 5.64. The van der Waals surface area contributed by atoms with Gasteiger partial charge in [0.25, 0.3) is 0 Å². The van der Waals surface area contributed by atoms with E-state index in [0.29, 0.717) is 5.92 Å². The molecule has 0 bridgehead atoms. The Labute approximate surface area is 115 Å². The Morgan fingerprint density at radius 1 is 1.32 bits per heavy atom. The average molecular weight is 261 g/mol. The zero-order valence-electron chi connectivity index (χ0n) is 12.1. The van der Waals surface area contributed by atoms with Crippen molar-refractivity contribution in [3.05, 3.63) is 23.9 Å². The number of hydrogen-bond donors (Lipinski definition) is 0. The minimum Gasteiger partial charge on any atom is -0.354 e. The molecule has 2 rings (SSSR count). The van der Waals surface area contributed by atoms with Gasteiger partial charge in [-0.05, 0) is 25.0 Å². The largest absolute Gasteiger partial charge is 0.354 e. The van der Waals surface area contributed by atoms with E-state index in [2.05, 4.69) is 28.6 Å². The molecule has 1 aliphatic heterocycles. The number of pyridine rings is 1. The first-order chi connectivity index (χ1) is 9.06. The number of aromatic nitrogens is 1. The highest BCUT2D eigenvalue weighted by Gasteiger charge is 2.18. The molecule has 0 aromatic carbocycles. The van der Waals surface area contributed by atoms with Gasteiger partial charge in [-0.1, -0.05) is 13.8 Å². The van der Waals surface area contributed by atoms with Crippen LogP contribution in [0.3, 0.4) is 0 Å². The lowest BCUT2D eigenvalue weighted by molar-refractivity contribution is 0.101. The molecule has 0 radical (unpaired) electrons. The van der Waals surface area contributed by atoms with E-state index in [1.807, 2.05) is 6.07 Å². The van der Waals surface area contributed by atoms with Crippen molar-refractivity contribution in [2.24, 2.45) is 5.92 Å². The molecule has 0 N–H and O–H groups in total. The number of hydrogen-bond acceptors (Lipinski definition) is 4. The lowest BCUT2D eigenvalue weighted by atomic mass is 10.1. The summed E-state index contributed by atoms with van der Waals surface area (Å²) in [5, 5.41) is 0. The molecule has 1 aliphatic rings. The van der Waals surface area contributed by atoms with Gasteiger partial charge in [0, 0.05) is 44.5 Å². The summed E-state index contributed by atoms with van der Waals surface area (Å²) in [4.78, 5) is 20.5. The maximum Gasteiger partial charge on any atom is 0.159 e. The van der Waals surface area contributed by atoms with Gasteiger partial charge < -0.3 is 4.90 Å². The van der Waals surface area contributed by atoms with E-state index >= 15 is 0 Å². The first kappa shape index (κ1) is 14.0. The average Bonchev–Trinajstić information content (AvgIpc) is 2.39. The second kappa shape index (κ2) is 6.15. The molecule has 1 saturated heterocycles. The van der Waals surface area contributed by atoms with Crippen LogP contribution in [0.25, 0.3) is 0 Å². The van der Waals surface area contributed by atoms with Gasteiger partial charge in [0.05, 0.1) is 0 Å². The van der Waals surface area contributed by atoms with Gasteiger partial charge >= 0.3 is 0 Å². The van der Waals surface area contributed by atoms with Crippen molar-refractivity contribution in [3.63, 3.8) is 0 Å². The molecule has 0 saturated carbocycles. The predicted octanol–water partition coefficient (Wildman–Crippen LogP) is 2.06. The minimum atomic E-state index is 0.0992. The fraction of sp³-hybridized carbons (Fsp3) is 0.600. The molecule has 1 aromatic heterocycles. The second-order valence-corrected chi connectivity index (χ2v) is 5.64. The van der Waals surface area contributed by atoms with Crippen LogP contribution in [0.5, 0.6) is 0 Å². The molecular formula is C15H23N3O. The number of rotatable bonds is 4. The summed E-state index contributed by atoms with van der Waals surface area (Å²) in [6, 6.07) is 3.68. The quantitative estimate of drug-likeness (QED) is 0.777. The van der Waals surface area contributed by atoms with Crippen LogP contribution in [0.15, 0.2) is 18.3 Å². The Hall–Kier alpha value is -1.42. The van der Waals surface area contributed by atoms with Crippen LogP contribution in [-0.2, 0) is 0 Å². The highest BCUT2D eigenvalue weighted by atomic mass is 16.1. The third-order valence-electron chi connectivity index (χ3n) is 3.47. The Morgan fingerprint density at radius 3 is 2.58 bits per heavy atom. The van der Waals surface area contributed by atoms with E-state index in [-0.39, 0.29) is 5.78 Å². The van der Waals surface area contributed by atoms with Gasteiger partial charge in [-0.15, -0.1) is 0 Å². The van der Waals surface area contributed by atoms with Crippen LogP contribution in [0.2, 0.25) is 0 Å². The van der Waals surface area contributed by atoms with Crippen LogP contribution in [0, 0.1) is 5.92 Å². The van der Waals surface area contributed by atoms with Crippen molar-refractivity contribution in [2.75, 3.05) is 37.6 Å². The van der Waals surface area contributed by atoms with Crippen molar-refractivity contribution in [3.8, 4) is 0 Å². The lowest BCUT2D eigenvalue weighted by Gasteiger charge is -2.36. The summed E-state index contributed by atoms with van der Waals surface area (Å²) in [6.07, 6.45) is 1.73. The Kier molecular flexibility index (Phi) is 4.53. The van der Waals surface area contributed by atoms with Crippen LogP contribution in [0.4, 0.5) is 5.82 Å². The summed E-state index contributed by atoms with van der Waals surface area (Å²) >= 11 is 0. The molecule has 2 heterocycles. The van der Waals surface area contributed by atoms with Gasteiger partial charge in [0.1, 0.15) is 5.82 Å². The highest BCUT2D eigenvalue weighted by molar-refractivity contribution is 5.94. The van der Waals surface area contributed by atoms with E-state index in [1.165, 1.54) is 0 Å². The summed E-state index contributed by atoms with van der Waals surface area (Å²) < 4.78 is 0. The summed E-state index contributed by atoms with van der Waals surface area (Å²) in [7, 11) is 0. The van der Waals surface area contributed by atoms with Crippen LogP contribution in [-0.4, -0.2) is 48.4 Å². The van der Waals surface area contributed by atoms with Crippen molar-refractivity contribution in [1.82, 2.24) is 9.88 Å². The minimum absolute atomic E-state index is 0.0992. The smallest absolute Gasteiger partial charge is 0.159 e. The molecule has 104 valence electrons. The van der Waals surface area contributed by atoms with Gasteiger partial charge in [-0.25, -0.2) is 4.98 Å². The number of ketones is 1. The van der Waals surface area contributed by atoms with E-state index in [4.69, 9.17) is 0 Å². The number of carbonyl (C=O) groups excluding carboxylic acids is 1. The van der Waals surface area contributed by atoms with E-state index in [0.717, 1.165) is 44.1 Å². The standard InChI is InChI=1S/C15H23N3O/c1-12(2)11-17-6-8-18(9-7-17)15-10-14(13(3)19)4-5-16-15/h4-5,10,12H,6-9,11H2,1-3H3. The number of piperazine rings is 1. The van der Waals surface area contributed by atoms with E-state index in [9.17, 15) is 4.79 Å². The van der Waals surface area contributed by atoms with E-state index < -0.39 is 0 Å². The molecule has 4 heteroatoms. The first-order valence-corrected chi connectivity index (χ1v) is 7.00. The molecular weight excluding hydrogens is 238 g/mol. The summed E-state index contributed by atoms with van der Waals surface area (Å²) in [6.45, 7) is 11.4. The van der Waals surface area contributed by atoms with Crippen molar-refractivity contribution in [1.29, 1.82) is 0 Å². The number of nitrogens with zero attached hydrogens (tertiary/aromatic N) is 3. The van der Waals surface area contributed by atoms with Crippen molar-refractivity contribution < 1.29 is 4.79 Å². The number of carbonyl (C=O) groups is 1. The zero-order valence-corrected chi connectivity index (χ0v) is 12.1. The molecule has 0 amide bonds. The molecule has 4 nitrogen and oxygen atoms in total. The third kappa shape index (κ3) is 3.77. The highest BCUT2D eigenvalue weighted by Crippen LogP contribution is 2.16. The van der Waals surface area contributed by atoms with E-state index in [1.54, 1.807) is 19.2 Å². The maximum atomic E-state index is 11.4. The number of Topliss-reactive ketones (excluding diaryl/α,β-unsaturated/α-hetero) is 1. The van der Waals surface area contributed by atoms with Gasteiger partial charge in [-0.2, -0.15) is 0 Å². The van der Waals surface area contributed by atoms with Crippen molar-refractivity contribution in [2.45, 2.75) is 20.8 Å². The molecule has 1 aromatic rings. The molecule has 0 atom stereocenters. The number of anilines is 1. The van der Waals surface area contributed by atoms with Crippen LogP contribution in [0.1, 0.15) is 31.1 Å². The Bertz CT molecular complexity index is 437. The Balaban J connectivity index is 1.97. The maximum absolute atomic E-state index is 11.4. The van der Waals surface area contributed by atoms with Gasteiger partial charge in [0.15, 0.2) is 5.78 Å². The molecule has 0 unspecified atom stereocenters. The third-order valence-corrected chi connectivity index (χ3v) is 3.47. The molecule has 1 fully saturated rings. The fourth-order valence-electron chi connectivity index (χ4n) is 2.49. The SMILES string of the molecule is CC(=O)c1ccnc(N2CCN(CC(C)C)CC2)c1.